The third-order valence-electron chi connectivity index (χ3n) is 0. The molecule has 0 bridgehead atoms. The van der Waals surface area contributed by atoms with Crippen LogP contribution in [0.2, 0.25) is 0 Å². The van der Waals surface area contributed by atoms with Crippen molar-refractivity contribution in [3.63, 3.8) is 0 Å². The van der Waals surface area contributed by atoms with E-state index < -0.39 is 0 Å². The molecule has 0 aliphatic heterocycles. The van der Waals surface area contributed by atoms with Crippen LogP contribution in [0.4, 0.5) is 0 Å². The topological polar surface area (TPSA) is 0 Å². The molecule has 0 aliphatic rings. The second-order valence-electron chi connectivity index (χ2n) is 0. The van der Waals surface area contributed by atoms with Gasteiger partial charge in [-0.3, -0.25) is 0 Å². The Balaban J connectivity index is 0. The van der Waals surface area contributed by atoms with Crippen molar-refractivity contribution in [1.82, 2.24) is 0 Å². The summed E-state index contributed by atoms with van der Waals surface area (Å²) in [5.74, 6) is 0. The molecule has 0 unspecified atom stereocenters. The Labute approximate surface area is 161 Å². The monoisotopic (exact) mass is 962 g/mol. The van der Waals surface area contributed by atoms with E-state index in [1.54, 1.807) is 0 Å². The molecule has 0 aromatic rings. The summed E-state index contributed by atoms with van der Waals surface area (Å²) in [7, 11) is 0. The molecule has 0 amide bonds. The first-order chi connectivity index (χ1) is 0. The number of hydrogen-bond donors (Lipinski definition) is 0. The maximum Gasteiger partial charge on any atom is 0 e. The van der Waals surface area contributed by atoms with E-state index >= 15 is 0 Å². The van der Waals surface area contributed by atoms with Gasteiger partial charge >= 0.3 is 0 Å². The van der Waals surface area contributed by atoms with Crippen LogP contribution in [0.25, 0.3) is 0 Å². The Morgan fingerprint density at radius 1 is 0.286 bits per heavy atom. The van der Waals surface area contributed by atoms with Gasteiger partial charge in [-0.15, -0.1) is 144 Å². The third kappa shape index (κ3) is 35.4. The molecule has 0 saturated heterocycles. The van der Waals surface area contributed by atoms with Crippen molar-refractivity contribution in [3.8, 4) is 0 Å². The predicted molar refractivity (Wildman–Crippen MR) is 92.5 cm³/mol. The molecule has 0 nitrogen and oxygen atoms in total. The van der Waals surface area contributed by atoms with Crippen LogP contribution in [0.3, 0.4) is 0 Å². The van der Waals surface area contributed by atoms with E-state index in [9.17, 15) is 0 Å². The first kappa shape index (κ1) is 57.6. The Bertz CT molecular complexity index is 4.14. The zero-order valence-electron chi connectivity index (χ0n) is 2.77. The Kier molecular flexibility index (Phi) is 359. The van der Waals surface area contributed by atoms with Gasteiger partial charge in [-0.2, -0.15) is 0 Å². The quantitative estimate of drug-likeness (QED) is 0.326. The van der Waals surface area contributed by atoms with Crippen LogP contribution in [-0.2, 0) is 21.1 Å². The van der Waals surface area contributed by atoms with Crippen molar-refractivity contribution in [2.45, 2.75) is 0 Å². The Hall–Kier alpha value is 5.07. The van der Waals surface area contributed by atoms with Crippen LogP contribution in [-0.4, -0.2) is 0 Å². The molecule has 7 heteroatoms. The Morgan fingerprint density at radius 2 is 0.286 bits per heavy atom. The zero-order valence-corrected chi connectivity index (χ0v) is 19.0. The van der Waals surface area contributed by atoms with Crippen molar-refractivity contribution in [2.24, 2.45) is 0 Å². The molecule has 0 heterocycles. The number of rotatable bonds is 0. The minimum Gasteiger partial charge on any atom is -0.107 e. The fourth-order valence-corrected chi connectivity index (χ4v) is 0. The van der Waals surface area contributed by atoms with Crippen molar-refractivity contribution in [3.05, 3.63) is 0 Å². The minimum absolute atomic E-state index is 0. The summed E-state index contributed by atoms with van der Waals surface area (Å²) < 4.78 is 0. The molecule has 0 rings (SSSR count). The average Bonchev–Trinajstić information content (AvgIpc) is 0. The van der Waals surface area contributed by atoms with Crippen molar-refractivity contribution < 1.29 is 21.1 Å². The molecule has 0 aromatic heterocycles. The SMILES string of the molecule is I.I.I.I.I.I.[Pt]. The predicted octanol–water partition coefficient (Wildman–Crippen LogP) is 3.71. The zero-order chi connectivity index (χ0) is 0. The molecule has 0 aliphatic carbocycles. The summed E-state index contributed by atoms with van der Waals surface area (Å²) in [4.78, 5) is 0. The van der Waals surface area contributed by atoms with Gasteiger partial charge in [0.25, 0.3) is 0 Å². The van der Waals surface area contributed by atoms with E-state index in [1.807, 2.05) is 0 Å². The van der Waals surface area contributed by atoms with Crippen LogP contribution in [0, 0.1) is 0 Å². The molecule has 0 fully saturated rings. The number of halogens is 6. The van der Waals surface area contributed by atoms with E-state index in [4.69, 9.17) is 0 Å². The normalized spacial score (nSPS) is 0. The largest absolute Gasteiger partial charge is 0.107 e. The first-order valence-electron chi connectivity index (χ1n) is 0. The summed E-state index contributed by atoms with van der Waals surface area (Å²) in [5, 5.41) is 0. The van der Waals surface area contributed by atoms with E-state index in [0.717, 1.165) is 0 Å². The molecule has 0 spiro atoms. The second-order valence-corrected chi connectivity index (χ2v) is 0. The summed E-state index contributed by atoms with van der Waals surface area (Å²) in [6.07, 6.45) is 0. The summed E-state index contributed by atoms with van der Waals surface area (Å²) in [6.45, 7) is 0. The van der Waals surface area contributed by atoms with Gasteiger partial charge in [0.15, 0.2) is 0 Å². The molecule has 0 N–H and O–H groups in total. The van der Waals surface area contributed by atoms with Crippen molar-refractivity contribution in [1.29, 1.82) is 0 Å². The van der Waals surface area contributed by atoms with E-state index in [2.05, 4.69) is 0 Å². The van der Waals surface area contributed by atoms with Crippen LogP contribution >= 0.6 is 144 Å². The van der Waals surface area contributed by atoms with Gasteiger partial charge in [0.05, 0.1) is 0 Å². The molecule has 7 heavy (non-hydrogen) atoms. The standard InChI is InChI=1S/6HI.Pt/h6*1H;. The van der Waals surface area contributed by atoms with Gasteiger partial charge in [-0.25, -0.2) is 0 Å². The van der Waals surface area contributed by atoms with Gasteiger partial charge in [-0.05, 0) is 0 Å². The molecule has 0 saturated carbocycles. The van der Waals surface area contributed by atoms with E-state index in [1.165, 1.54) is 0 Å². The fraction of sp³-hybridized carbons (Fsp3) is 0. The fourth-order valence-electron chi connectivity index (χ4n) is 0. The van der Waals surface area contributed by atoms with Crippen LogP contribution in [0.5, 0.6) is 0 Å². The first-order valence-corrected chi connectivity index (χ1v) is 0. The van der Waals surface area contributed by atoms with Crippen molar-refractivity contribution in [2.75, 3.05) is 0 Å². The van der Waals surface area contributed by atoms with Gasteiger partial charge in [0.1, 0.15) is 0 Å². The van der Waals surface area contributed by atoms with E-state index in [-0.39, 0.29) is 165 Å². The maximum absolute atomic E-state index is 0. The molecule has 0 atom stereocenters. The maximum atomic E-state index is 0. The summed E-state index contributed by atoms with van der Waals surface area (Å²) in [5.41, 5.74) is 0. The van der Waals surface area contributed by atoms with Gasteiger partial charge in [0, 0.05) is 21.1 Å². The van der Waals surface area contributed by atoms with Crippen LogP contribution < -0.4 is 0 Å². The Morgan fingerprint density at radius 3 is 0.286 bits per heavy atom. The summed E-state index contributed by atoms with van der Waals surface area (Å²) in [6, 6.07) is 0. The number of hydrogen-bond acceptors (Lipinski definition) is 0. The molecule has 0 aromatic carbocycles. The van der Waals surface area contributed by atoms with Crippen LogP contribution in [0.15, 0.2) is 0 Å². The van der Waals surface area contributed by atoms with Crippen LogP contribution in [0.1, 0.15) is 0 Å². The minimum atomic E-state index is 0. The van der Waals surface area contributed by atoms with Gasteiger partial charge < -0.3 is 0 Å². The molecule has 0 radical (unpaired) electrons. The third-order valence-corrected chi connectivity index (χ3v) is 0. The second kappa shape index (κ2) is 43.7. The van der Waals surface area contributed by atoms with Gasteiger partial charge in [-0.1, -0.05) is 0 Å². The smallest absolute Gasteiger partial charge is 0 e. The molecule has 58 valence electrons. The van der Waals surface area contributed by atoms with Gasteiger partial charge in [0.2, 0.25) is 0 Å². The van der Waals surface area contributed by atoms with Crippen molar-refractivity contribution >= 4 is 144 Å². The average molecular weight is 963 g/mol. The van der Waals surface area contributed by atoms with E-state index in [0.29, 0.717) is 0 Å². The summed E-state index contributed by atoms with van der Waals surface area (Å²) >= 11 is 0. The molecular formula is H6I6Pt. The molecular weight excluding hydrogens is 957 g/mol.